The van der Waals surface area contributed by atoms with Crippen LogP contribution < -0.4 is 5.32 Å². The summed E-state index contributed by atoms with van der Waals surface area (Å²) in [6.45, 7) is 3.87. The lowest BCUT2D eigenvalue weighted by Crippen LogP contribution is -2.05. The second-order valence-electron chi connectivity index (χ2n) is 7.14. The largest absolute Gasteiger partial charge is 0.402 e. The molecule has 4 rings (SSSR count). The van der Waals surface area contributed by atoms with E-state index in [1.54, 1.807) is 30.3 Å². The van der Waals surface area contributed by atoms with E-state index in [0.29, 0.717) is 5.56 Å². The number of rotatable bonds is 6. The van der Waals surface area contributed by atoms with E-state index in [-0.39, 0.29) is 21.7 Å². The quantitative estimate of drug-likeness (QED) is 0.440. The molecule has 156 valence electrons. The van der Waals surface area contributed by atoms with Crippen LogP contribution in [0.15, 0.2) is 88.2 Å². The molecule has 7 heteroatoms. The van der Waals surface area contributed by atoms with Crippen LogP contribution in [-0.4, -0.2) is 18.6 Å². The highest BCUT2D eigenvalue weighted by atomic mass is 32.2. The third-order valence-electron chi connectivity index (χ3n) is 4.66. The van der Waals surface area contributed by atoms with Crippen molar-refractivity contribution in [3.05, 3.63) is 101 Å². The zero-order chi connectivity index (χ0) is 21.8. The van der Waals surface area contributed by atoms with E-state index in [2.05, 4.69) is 15.5 Å². The van der Waals surface area contributed by atoms with Crippen molar-refractivity contribution in [3.8, 4) is 0 Å². The molecular formula is C24H21N3O3S. The third-order valence-corrected chi connectivity index (χ3v) is 6.42. The summed E-state index contributed by atoms with van der Waals surface area (Å²) in [4.78, 5) is 0.0982. The van der Waals surface area contributed by atoms with Crippen LogP contribution in [0, 0.1) is 13.8 Å². The Morgan fingerprint density at radius 1 is 0.839 bits per heavy atom. The average molecular weight is 432 g/mol. The van der Waals surface area contributed by atoms with Gasteiger partial charge < -0.3 is 9.73 Å². The molecule has 4 aromatic rings. The number of benzene rings is 3. The molecule has 0 saturated carbocycles. The van der Waals surface area contributed by atoms with Gasteiger partial charge in [0.25, 0.3) is 5.89 Å². The van der Waals surface area contributed by atoms with Crippen molar-refractivity contribution in [2.75, 3.05) is 5.32 Å². The van der Waals surface area contributed by atoms with Crippen molar-refractivity contribution in [3.63, 3.8) is 0 Å². The van der Waals surface area contributed by atoms with Crippen LogP contribution in [0.25, 0.3) is 11.0 Å². The monoisotopic (exact) mass is 431 g/mol. The predicted octanol–water partition coefficient (Wildman–Crippen LogP) is 5.40. The first-order valence-corrected chi connectivity index (χ1v) is 11.2. The van der Waals surface area contributed by atoms with Crippen LogP contribution >= 0.6 is 0 Å². The topological polar surface area (TPSA) is 85.1 Å². The molecule has 1 aromatic heterocycles. The minimum atomic E-state index is -3.90. The minimum Gasteiger partial charge on any atom is -0.402 e. The van der Waals surface area contributed by atoms with Crippen molar-refractivity contribution in [2.24, 2.45) is 0 Å². The van der Waals surface area contributed by atoms with Gasteiger partial charge in [-0.3, -0.25) is 0 Å². The van der Waals surface area contributed by atoms with Crippen LogP contribution in [0.3, 0.4) is 0 Å². The van der Waals surface area contributed by atoms with E-state index < -0.39 is 9.84 Å². The van der Waals surface area contributed by atoms with Gasteiger partial charge in [-0.25, -0.2) is 8.42 Å². The molecule has 0 unspecified atom stereocenters. The molecule has 6 nitrogen and oxygen atoms in total. The summed E-state index contributed by atoms with van der Waals surface area (Å²) in [5.74, 6) is -0.0837. The highest BCUT2D eigenvalue weighted by Crippen LogP contribution is 2.31. The smallest absolute Gasteiger partial charge is 0.320 e. The number of anilines is 2. The maximum Gasteiger partial charge on any atom is 0.320 e. The molecule has 3 aromatic carbocycles. The number of hydrogen-bond donors (Lipinski definition) is 1. The van der Waals surface area contributed by atoms with Crippen molar-refractivity contribution in [2.45, 2.75) is 18.7 Å². The number of nitrogens with one attached hydrogen (secondary N) is 1. The second-order valence-corrected chi connectivity index (χ2v) is 9.06. The Morgan fingerprint density at radius 2 is 1.45 bits per heavy atom. The van der Waals surface area contributed by atoms with Crippen LogP contribution in [0.4, 0.5) is 11.7 Å². The van der Waals surface area contributed by atoms with Gasteiger partial charge in [-0.05, 0) is 49.8 Å². The molecule has 0 aliphatic rings. The highest BCUT2D eigenvalue weighted by Gasteiger charge is 2.27. The first-order chi connectivity index (χ1) is 14.9. The first kappa shape index (κ1) is 20.6. The highest BCUT2D eigenvalue weighted by molar-refractivity contribution is 8.00. The lowest BCUT2D eigenvalue weighted by atomic mass is 10.1. The molecule has 0 bridgehead atoms. The maximum atomic E-state index is 13.5. The Morgan fingerprint density at radius 3 is 2.10 bits per heavy atom. The molecular weight excluding hydrogens is 410 g/mol. The summed E-state index contributed by atoms with van der Waals surface area (Å²) in [6, 6.07) is 23.6. The first-order valence-electron chi connectivity index (χ1n) is 9.68. The molecule has 31 heavy (non-hydrogen) atoms. The average Bonchev–Trinajstić information content (AvgIpc) is 3.22. The number of hydrogen-bond acceptors (Lipinski definition) is 6. The lowest BCUT2D eigenvalue weighted by molar-refractivity contribution is 0.556. The molecule has 1 heterocycles. The zero-order valence-electron chi connectivity index (χ0n) is 17.1. The van der Waals surface area contributed by atoms with Crippen LogP contribution in [0.1, 0.15) is 22.6 Å². The van der Waals surface area contributed by atoms with Crippen molar-refractivity contribution >= 4 is 32.5 Å². The Hall–Kier alpha value is -3.71. The Balaban J connectivity index is 1.77. The van der Waals surface area contributed by atoms with Gasteiger partial charge in [-0.15, -0.1) is 5.10 Å². The molecule has 0 atom stereocenters. The number of sulfone groups is 1. The fraction of sp³-hybridized carbons (Fsp3) is 0.0833. The van der Waals surface area contributed by atoms with Crippen molar-refractivity contribution in [1.29, 1.82) is 0 Å². The molecule has 0 saturated heterocycles. The molecule has 0 aliphatic heterocycles. The van der Waals surface area contributed by atoms with E-state index >= 15 is 0 Å². The molecule has 0 amide bonds. The fourth-order valence-electron chi connectivity index (χ4n) is 2.93. The molecule has 1 N–H and O–H groups in total. The van der Waals surface area contributed by atoms with E-state index in [1.807, 2.05) is 68.4 Å². The Kier molecular flexibility index (Phi) is 5.68. The van der Waals surface area contributed by atoms with Gasteiger partial charge in [0.2, 0.25) is 9.84 Å². The predicted molar refractivity (Wildman–Crippen MR) is 121 cm³/mol. The Labute approximate surface area is 181 Å². The van der Waals surface area contributed by atoms with Gasteiger partial charge >= 0.3 is 6.01 Å². The zero-order valence-corrected chi connectivity index (χ0v) is 17.9. The van der Waals surface area contributed by atoms with E-state index in [9.17, 15) is 8.42 Å². The van der Waals surface area contributed by atoms with E-state index in [1.165, 1.54) is 0 Å². The lowest BCUT2D eigenvalue weighted by Gasteiger charge is -2.07. The summed E-state index contributed by atoms with van der Waals surface area (Å²) >= 11 is 0. The van der Waals surface area contributed by atoms with Gasteiger partial charge in [0.15, 0.2) is 0 Å². The summed E-state index contributed by atoms with van der Waals surface area (Å²) in [7, 11) is -3.90. The summed E-state index contributed by atoms with van der Waals surface area (Å²) < 4.78 is 32.6. The summed E-state index contributed by atoms with van der Waals surface area (Å²) in [5, 5.41) is 11.0. The van der Waals surface area contributed by atoms with Crippen LogP contribution in [0.5, 0.6) is 0 Å². The van der Waals surface area contributed by atoms with Gasteiger partial charge in [0.1, 0.15) is 4.91 Å². The number of aryl methyl sites for hydroxylation is 2. The Bertz CT molecular complexity index is 1310. The van der Waals surface area contributed by atoms with Gasteiger partial charge in [-0.1, -0.05) is 70.8 Å². The SMILES string of the molecule is Cc1ccc(/C=C(/c2nnc(Nc3ccccc3)o2)S(=O)(=O)c2ccc(C)cc2)cc1. The van der Waals surface area contributed by atoms with E-state index in [4.69, 9.17) is 4.42 Å². The van der Waals surface area contributed by atoms with Gasteiger partial charge in [-0.2, -0.15) is 0 Å². The van der Waals surface area contributed by atoms with E-state index in [0.717, 1.165) is 16.8 Å². The minimum absolute atomic E-state index is 0.0613. The second kappa shape index (κ2) is 8.57. The number of nitrogens with zero attached hydrogens (tertiary/aromatic N) is 2. The third kappa shape index (κ3) is 4.73. The molecule has 0 radical (unpaired) electrons. The number of para-hydroxylation sites is 1. The summed E-state index contributed by atoms with van der Waals surface area (Å²) in [6.07, 6.45) is 1.55. The fourth-order valence-corrected chi connectivity index (χ4v) is 4.28. The van der Waals surface area contributed by atoms with Crippen molar-refractivity contribution in [1.82, 2.24) is 10.2 Å². The molecule has 0 aliphatic carbocycles. The van der Waals surface area contributed by atoms with Crippen molar-refractivity contribution < 1.29 is 12.8 Å². The number of aromatic nitrogens is 2. The van der Waals surface area contributed by atoms with Gasteiger partial charge in [0, 0.05) is 5.69 Å². The van der Waals surface area contributed by atoms with Gasteiger partial charge in [0.05, 0.1) is 4.90 Å². The maximum absolute atomic E-state index is 13.5. The van der Waals surface area contributed by atoms with Crippen LogP contribution in [0.2, 0.25) is 0 Å². The molecule has 0 spiro atoms. The summed E-state index contributed by atoms with van der Waals surface area (Å²) in [5.41, 5.74) is 3.51. The normalized spacial score (nSPS) is 12.0. The molecule has 0 fully saturated rings. The standard InChI is InChI=1S/C24H21N3O3S/c1-17-8-12-19(13-9-17)16-22(31(28,29)21-14-10-18(2)11-15-21)23-26-27-24(30-23)25-20-6-4-3-5-7-20/h3-16H,1-2H3,(H,25,27)/b22-16-. The van der Waals surface area contributed by atoms with Crippen LogP contribution in [-0.2, 0) is 9.84 Å².